The lowest BCUT2D eigenvalue weighted by molar-refractivity contribution is -0.280. The molecule has 1 aliphatic rings. The second kappa shape index (κ2) is 15.7. The van der Waals surface area contributed by atoms with Crippen molar-refractivity contribution in [3.63, 3.8) is 0 Å². The van der Waals surface area contributed by atoms with Crippen LogP contribution in [0.3, 0.4) is 0 Å². The Balaban J connectivity index is 1.75. The summed E-state index contributed by atoms with van der Waals surface area (Å²) < 4.78 is 56.8. The van der Waals surface area contributed by atoms with Gasteiger partial charge in [-0.15, -0.1) is 0 Å². The van der Waals surface area contributed by atoms with Gasteiger partial charge in [0.15, 0.2) is 12.2 Å². The van der Waals surface area contributed by atoms with Crippen LogP contribution in [0.2, 0.25) is 0 Å². The molecule has 15 heteroatoms. The molecule has 0 N–H and O–H groups in total. The molecule has 0 bridgehead atoms. The topological polar surface area (TPSA) is 182 Å². The van der Waals surface area contributed by atoms with Crippen LogP contribution < -0.4 is 19.8 Å². The van der Waals surface area contributed by atoms with E-state index in [0.717, 1.165) is 19.4 Å². The van der Waals surface area contributed by atoms with Gasteiger partial charge in [-0.3, -0.25) is 19.2 Å². The van der Waals surface area contributed by atoms with Crippen molar-refractivity contribution in [2.24, 2.45) is 0 Å². The van der Waals surface area contributed by atoms with E-state index in [-0.39, 0.29) is 34.6 Å². The van der Waals surface area contributed by atoms with Gasteiger partial charge < -0.3 is 47.0 Å². The Morgan fingerprint density at radius 1 is 0.745 bits per heavy atom. The SMILES string of the molecule is COCOCCc1cc(OC)c2c(c1)c(=O)oc1c3cccc(OC(C)=O)c3c(O[C@@H]3O[C@@H](C)[C@H](OC(C)=O)[C@@H](OC(C)=O)[C@H]3OC(C)=O)cc12. The third-order valence-corrected chi connectivity index (χ3v) is 7.97. The highest BCUT2D eigenvalue weighted by molar-refractivity contribution is 6.18. The quantitative estimate of drug-likeness (QED) is 0.0389. The summed E-state index contributed by atoms with van der Waals surface area (Å²) in [5.41, 5.74) is 0.230. The van der Waals surface area contributed by atoms with Gasteiger partial charge in [-0.2, -0.15) is 0 Å². The fourth-order valence-electron chi connectivity index (χ4n) is 6.10. The van der Waals surface area contributed by atoms with E-state index in [9.17, 15) is 24.0 Å². The van der Waals surface area contributed by atoms with Gasteiger partial charge in [0.2, 0.25) is 12.4 Å². The van der Waals surface area contributed by atoms with Crippen molar-refractivity contribution < 1.29 is 66.2 Å². The van der Waals surface area contributed by atoms with E-state index >= 15 is 0 Å². The number of hydrogen-bond acceptors (Lipinski definition) is 15. The Bertz CT molecular complexity index is 2030. The number of benzene rings is 3. The first-order valence-corrected chi connectivity index (χ1v) is 15.9. The third kappa shape index (κ3) is 8.06. The second-order valence-corrected chi connectivity index (χ2v) is 11.7. The normalized spacial score (nSPS) is 20.2. The molecule has 272 valence electrons. The first-order valence-electron chi connectivity index (χ1n) is 15.9. The number of hydrogen-bond donors (Lipinski definition) is 0. The molecule has 0 saturated carbocycles. The lowest BCUT2D eigenvalue weighted by Crippen LogP contribution is -2.62. The van der Waals surface area contributed by atoms with Gasteiger partial charge in [0.05, 0.1) is 30.6 Å². The Morgan fingerprint density at radius 2 is 1.43 bits per heavy atom. The maximum Gasteiger partial charge on any atom is 0.344 e. The van der Waals surface area contributed by atoms with Gasteiger partial charge in [-0.25, -0.2) is 4.79 Å². The van der Waals surface area contributed by atoms with Crippen molar-refractivity contribution >= 4 is 56.4 Å². The molecule has 5 atom stereocenters. The number of carbonyl (C=O) groups is 4. The lowest BCUT2D eigenvalue weighted by Gasteiger charge is -2.43. The number of ether oxygens (including phenoxy) is 9. The molecule has 0 spiro atoms. The molecule has 1 aliphatic heterocycles. The molecule has 1 fully saturated rings. The molecule has 2 heterocycles. The molecule has 0 unspecified atom stereocenters. The van der Waals surface area contributed by atoms with Gasteiger partial charge in [-0.1, -0.05) is 12.1 Å². The van der Waals surface area contributed by atoms with E-state index in [4.69, 9.17) is 47.0 Å². The smallest absolute Gasteiger partial charge is 0.344 e. The molecule has 5 rings (SSSR count). The minimum Gasteiger partial charge on any atom is -0.496 e. The van der Waals surface area contributed by atoms with Crippen LogP contribution in [-0.4, -0.2) is 82.2 Å². The van der Waals surface area contributed by atoms with Gasteiger partial charge in [-0.05, 0) is 43.2 Å². The molecular formula is C36H38O15. The van der Waals surface area contributed by atoms with Crippen LogP contribution in [0, 0.1) is 0 Å². The van der Waals surface area contributed by atoms with E-state index in [1.165, 1.54) is 34.1 Å². The number of fused-ring (bicyclic) bond motifs is 5. The van der Waals surface area contributed by atoms with Crippen molar-refractivity contribution in [3.05, 3.63) is 52.4 Å². The Kier molecular flexibility index (Phi) is 11.4. The van der Waals surface area contributed by atoms with E-state index in [2.05, 4.69) is 0 Å². The van der Waals surface area contributed by atoms with Crippen LogP contribution in [0.15, 0.2) is 45.6 Å². The largest absolute Gasteiger partial charge is 0.496 e. The summed E-state index contributed by atoms with van der Waals surface area (Å²) in [4.78, 5) is 62.4. The van der Waals surface area contributed by atoms with Crippen LogP contribution in [0.4, 0.5) is 0 Å². The van der Waals surface area contributed by atoms with Gasteiger partial charge >= 0.3 is 29.5 Å². The average Bonchev–Trinajstić information content (AvgIpc) is 3.06. The monoisotopic (exact) mass is 710 g/mol. The van der Waals surface area contributed by atoms with Crippen LogP contribution >= 0.6 is 0 Å². The van der Waals surface area contributed by atoms with Crippen molar-refractivity contribution in [3.8, 4) is 17.2 Å². The Hall–Kier alpha value is -5.25. The number of carbonyl (C=O) groups excluding carboxylic acids is 4. The van der Waals surface area contributed by atoms with Crippen LogP contribution in [0.25, 0.3) is 32.5 Å². The zero-order valence-electron chi connectivity index (χ0n) is 29.1. The van der Waals surface area contributed by atoms with Gasteiger partial charge in [0, 0.05) is 51.0 Å². The van der Waals surface area contributed by atoms with E-state index in [0.29, 0.717) is 34.9 Å². The van der Waals surface area contributed by atoms with Crippen molar-refractivity contribution in [1.82, 2.24) is 0 Å². The van der Waals surface area contributed by atoms with E-state index in [1.54, 1.807) is 37.3 Å². The highest BCUT2D eigenvalue weighted by atomic mass is 16.7. The molecule has 1 saturated heterocycles. The molecule has 0 amide bonds. The average molecular weight is 711 g/mol. The molecule has 0 radical (unpaired) electrons. The summed E-state index contributed by atoms with van der Waals surface area (Å²) in [6.07, 6.45) is -5.90. The second-order valence-electron chi connectivity index (χ2n) is 11.7. The lowest BCUT2D eigenvalue weighted by atomic mass is 9.97. The highest BCUT2D eigenvalue weighted by Gasteiger charge is 2.51. The van der Waals surface area contributed by atoms with E-state index < -0.39 is 60.2 Å². The van der Waals surface area contributed by atoms with Crippen LogP contribution in [0.5, 0.6) is 17.2 Å². The summed E-state index contributed by atoms with van der Waals surface area (Å²) in [5.74, 6) is -2.38. The number of rotatable bonds is 12. The van der Waals surface area contributed by atoms with Gasteiger partial charge in [0.25, 0.3) is 0 Å². The third-order valence-electron chi connectivity index (χ3n) is 7.97. The molecule has 0 aliphatic carbocycles. The first kappa shape index (κ1) is 37.0. The van der Waals surface area contributed by atoms with Crippen molar-refractivity contribution in [1.29, 1.82) is 0 Å². The van der Waals surface area contributed by atoms with Gasteiger partial charge in [0.1, 0.15) is 29.6 Å². The minimum absolute atomic E-state index is 0.0467. The Labute approximate surface area is 291 Å². The summed E-state index contributed by atoms with van der Waals surface area (Å²) in [6, 6.07) is 9.78. The molecule has 3 aromatic carbocycles. The number of esters is 4. The zero-order chi connectivity index (χ0) is 37.0. The highest BCUT2D eigenvalue weighted by Crippen LogP contribution is 2.44. The predicted molar refractivity (Wildman–Crippen MR) is 179 cm³/mol. The first-order chi connectivity index (χ1) is 24.3. The Morgan fingerprint density at radius 3 is 2.08 bits per heavy atom. The standard InChI is InChI=1S/C36H38O15/c1-17-31(47-19(3)38)33(48-20(4)39)34(49-21(5)40)36(45-17)50-28-15-24-29-25(13-22(14-27(29)43-7)11-12-44-16-42-6)35(41)51-32(24)23-9-8-10-26(30(23)28)46-18(2)37/h8-10,13-15,17,31,33-34,36H,11-12,16H2,1-7H3/t17-,31-,33+,34+,36-/m0/s1. The molecule has 51 heavy (non-hydrogen) atoms. The number of methoxy groups -OCH3 is 2. The maximum atomic E-state index is 13.6. The van der Waals surface area contributed by atoms with Crippen LogP contribution in [0.1, 0.15) is 40.2 Å². The fraction of sp³-hybridized carbons (Fsp3) is 0.417. The molecule has 1 aromatic heterocycles. The minimum atomic E-state index is -1.46. The van der Waals surface area contributed by atoms with Crippen molar-refractivity contribution in [2.75, 3.05) is 27.6 Å². The summed E-state index contributed by atoms with van der Waals surface area (Å²) >= 11 is 0. The van der Waals surface area contributed by atoms with E-state index in [1.807, 2.05) is 0 Å². The molecular weight excluding hydrogens is 672 g/mol. The maximum absolute atomic E-state index is 13.6. The summed E-state index contributed by atoms with van der Waals surface area (Å²) in [5, 5.41) is 1.52. The fourth-order valence-corrected chi connectivity index (χ4v) is 6.10. The molecule has 15 nitrogen and oxygen atoms in total. The summed E-state index contributed by atoms with van der Waals surface area (Å²) in [7, 11) is 2.98. The van der Waals surface area contributed by atoms with Crippen LogP contribution in [-0.2, 0) is 54.0 Å². The zero-order valence-corrected chi connectivity index (χ0v) is 29.1. The predicted octanol–water partition coefficient (Wildman–Crippen LogP) is 4.12. The molecule has 4 aromatic rings. The summed E-state index contributed by atoms with van der Waals surface area (Å²) in [6.45, 7) is 6.68. The van der Waals surface area contributed by atoms with Crippen molar-refractivity contribution in [2.45, 2.75) is 71.7 Å².